The molecule has 1 aromatic rings. The Hall–Kier alpha value is -2.19. The van der Waals surface area contributed by atoms with Gasteiger partial charge in [-0.25, -0.2) is 4.79 Å². The minimum absolute atomic E-state index is 0.316. The second kappa shape index (κ2) is 8.96. The van der Waals surface area contributed by atoms with Gasteiger partial charge in [-0.3, -0.25) is 0 Å². The van der Waals surface area contributed by atoms with E-state index in [0.717, 1.165) is 12.8 Å². The van der Waals surface area contributed by atoms with E-state index in [-0.39, 0.29) is 5.57 Å². The maximum atomic E-state index is 10.9. The number of benzene rings is 1. The van der Waals surface area contributed by atoms with Gasteiger partial charge in [0.1, 0.15) is 11.6 Å². The summed E-state index contributed by atoms with van der Waals surface area (Å²) in [5, 5.41) is 18.0. The molecule has 0 aliphatic carbocycles. The van der Waals surface area contributed by atoms with Gasteiger partial charge < -0.3 is 14.6 Å². The number of unbranched alkanes of at least 4 members (excludes halogenated alkanes) is 1. The molecule has 0 aromatic heterocycles. The molecule has 0 atom stereocenters. The molecule has 118 valence electrons. The number of carboxylic acids is 1. The number of ether oxygens (including phenoxy) is 2. The summed E-state index contributed by atoms with van der Waals surface area (Å²) in [6, 6.07) is 4.78. The van der Waals surface area contributed by atoms with Crippen LogP contribution in [0.15, 0.2) is 17.7 Å². The quantitative estimate of drug-likeness (QED) is 0.445. The Morgan fingerprint density at radius 3 is 2.68 bits per heavy atom. The summed E-state index contributed by atoms with van der Waals surface area (Å²) < 4.78 is 11.1. The minimum atomic E-state index is -1.29. The van der Waals surface area contributed by atoms with Gasteiger partial charge in [-0.05, 0) is 37.1 Å². The lowest BCUT2D eigenvalue weighted by molar-refractivity contribution is -0.132. The number of carbonyl (C=O) groups is 1. The van der Waals surface area contributed by atoms with Gasteiger partial charge in [0.15, 0.2) is 11.5 Å². The van der Waals surface area contributed by atoms with Crippen LogP contribution >= 0.6 is 11.6 Å². The Bertz CT molecular complexity index is 605. The van der Waals surface area contributed by atoms with Crippen LogP contribution in [0.2, 0.25) is 5.02 Å². The van der Waals surface area contributed by atoms with E-state index in [0.29, 0.717) is 35.3 Å². The van der Waals surface area contributed by atoms with E-state index >= 15 is 0 Å². The van der Waals surface area contributed by atoms with E-state index in [1.807, 2.05) is 6.92 Å². The first-order chi connectivity index (χ1) is 10.5. The second-order valence-electron chi connectivity index (χ2n) is 4.44. The fourth-order valence-corrected chi connectivity index (χ4v) is 1.98. The van der Waals surface area contributed by atoms with Gasteiger partial charge in [0.2, 0.25) is 0 Å². The highest BCUT2D eigenvalue weighted by atomic mass is 35.5. The van der Waals surface area contributed by atoms with Crippen LogP contribution in [0.1, 0.15) is 32.3 Å². The summed E-state index contributed by atoms with van der Waals surface area (Å²) in [6.45, 7) is 4.81. The van der Waals surface area contributed by atoms with Gasteiger partial charge in [-0.2, -0.15) is 5.26 Å². The number of rotatable bonds is 8. The standard InChI is InChI=1S/C16H18ClNO4/c1-3-5-6-22-15-13(17)8-11(9-14(15)21-4-2)7-12(10-18)16(19)20/h7-9H,3-6H2,1-2H3,(H,19,20). The van der Waals surface area contributed by atoms with Crippen LogP contribution in [0.4, 0.5) is 0 Å². The molecule has 0 fully saturated rings. The Balaban J connectivity index is 3.19. The smallest absolute Gasteiger partial charge is 0.346 e. The predicted octanol–water partition coefficient (Wildman–Crippen LogP) is 3.91. The van der Waals surface area contributed by atoms with Gasteiger partial charge in [0.05, 0.1) is 18.2 Å². The highest BCUT2D eigenvalue weighted by Gasteiger charge is 2.13. The molecule has 0 saturated carbocycles. The van der Waals surface area contributed by atoms with Crippen LogP contribution in [0.25, 0.3) is 6.08 Å². The van der Waals surface area contributed by atoms with Gasteiger partial charge in [0, 0.05) is 0 Å². The van der Waals surface area contributed by atoms with E-state index in [2.05, 4.69) is 6.92 Å². The summed E-state index contributed by atoms with van der Waals surface area (Å²) in [6.07, 6.45) is 3.13. The first kappa shape index (κ1) is 17.9. The molecule has 1 rings (SSSR count). The summed E-state index contributed by atoms with van der Waals surface area (Å²) in [5.74, 6) is -0.428. The SMILES string of the molecule is CCCCOc1c(Cl)cc(C=C(C#N)C(=O)O)cc1OCC. The van der Waals surface area contributed by atoms with Crippen LogP contribution in [0.3, 0.4) is 0 Å². The van der Waals surface area contributed by atoms with E-state index < -0.39 is 5.97 Å². The maximum absolute atomic E-state index is 10.9. The maximum Gasteiger partial charge on any atom is 0.346 e. The molecule has 0 bridgehead atoms. The van der Waals surface area contributed by atoms with Gasteiger partial charge in [-0.15, -0.1) is 0 Å². The number of halogens is 1. The van der Waals surface area contributed by atoms with Crippen molar-refractivity contribution in [1.82, 2.24) is 0 Å². The first-order valence-corrected chi connectivity index (χ1v) is 7.35. The lowest BCUT2D eigenvalue weighted by Crippen LogP contribution is -2.02. The number of carboxylic acid groups (broad SMARTS) is 1. The van der Waals surface area contributed by atoms with E-state index in [9.17, 15) is 4.79 Å². The normalized spacial score (nSPS) is 10.9. The fraction of sp³-hybridized carbons (Fsp3) is 0.375. The third-order valence-corrected chi connectivity index (χ3v) is 3.02. The van der Waals surface area contributed by atoms with Gasteiger partial charge in [-0.1, -0.05) is 24.9 Å². The minimum Gasteiger partial charge on any atom is -0.490 e. The molecular weight excluding hydrogens is 306 g/mol. The third kappa shape index (κ3) is 4.97. The van der Waals surface area contributed by atoms with E-state index in [4.69, 9.17) is 31.4 Å². The predicted molar refractivity (Wildman–Crippen MR) is 84.2 cm³/mol. The molecule has 0 saturated heterocycles. The van der Waals surface area contributed by atoms with Crippen molar-refractivity contribution in [2.45, 2.75) is 26.7 Å². The molecule has 5 nitrogen and oxygen atoms in total. The summed E-state index contributed by atoms with van der Waals surface area (Å²) in [5.41, 5.74) is 0.0911. The number of hydrogen-bond donors (Lipinski definition) is 1. The first-order valence-electron chi connectivity index (χ1n) is 6.97. The summed E-state index contributed by atoms with van der Waals surface area (Å²) >= 11 is 6.19. The number of nitrogens with zero attached hydrogens (tertiary/aromatic N) is 1. The van der Waals surface area contributed by atoms with Crippen molar-refractivity contribution < 1.29 is 19.4 Å². The van der Waals surface area contributed by atoms with Crippen LogP contribution in [-0.4, -0.2) is 24.3 Å². The Morgan fingerprint density at radius 1 is 1.41 bits per heavy atom. The average molecular weight is 324 g/mol. The third-order valence-electron chi connectivity index (χ3n) is 2.74. The Kier molecular flexibility index (Phi) is 7.27. The highest BCUT2D eigenvalue weighted by molar-refractivity contribution is 6.32. The van der Waals surface area contributed by atoms with Crippen molar-refractivity contribution in [3.8, 4) is 17.6 Å². The lowest BCUT2D eigenvalue weighted by Gasteiger charge is -2.14. The van der Waals surface area contributed by atoms with Gasteiger partial charge >= 0.3 is 5.97 Å². The molecule has 0 unspecified atom stereocenters. The molecule has 6 heteroatoms. The van der Waals surface area contributed by atoms with Crippen LogP contribution in [0.5, 0.6) is 11.5 Å². The topological polar surface area (TPSA) is 79.5 Å². The summed E-state index contributed by atoms with van der Waals surface area (Å²) in [7, 11) is 0. The van der Waals surface area contributed by atoms with Crippen LogP contribution in [-0.2, 0) is 4.79 Å². The molecule has 0 spiro atoms. The molecule has 1 aromatic carbocycles. The van der Waals surface area contributed by atoms with Crippen molar-refractivity contribution >= 4 is 23.6 Å². The average Bonchev–Trinajstić information content (AvgIpc) is 2.47. The molecule has 0 amide bonds. The van der Waals surface area contributed by atoms with Crippen LogP contribution in [0, 0.1) is 11.3 Å². The molecule has 22 heavy (non-hydrogen) atoms. The molecule has 1 N–H and O–H groups in total. The molecule has 0 radical (unpaired) electrons. The van der Waals surface area contributed by atoms with Crippen molar-refractivity contribution in [1.29, 1.82) is 5.26 Å². The largest absolute Gasteiger partial charge is 0.490 e. The molecule has 0 aliphatic heterocycles. The van der Waals surface area contributed by atoms with Crippen molar-refractivity contribution in [3.05, 3.63) is 28.3 Å². The van der Waals surface area contributed by atoms with Crippen molar-refractivity contribution in [2.75, 3.05) is 13.2 Å². The van der Waals surface area contributed by atoms with Crippen LogP contribution < -0.4 is 9.47 Å². The second-order valence-corrected chi connectivity index (χ2v) is 4.85. The lowest BCUT2D eigenvalue weighted by atomic mass is 10.1. The van der Waals surface area contributed by atoms with Crippen molar-refractivity contribution in [2.24, 2.45) is 0 Å². The fourth-order valence-electron chi connectivity index (χ4n) is 1.70. The zero-order valence-corrected chi connectivity index (χ0v) is 13.3. The number of hydrogen-bond acceptors (Lipinski definition) is 4. The van der Waals surface area contributed by atoms with Crippen molar-refractivity contribution in [3.63, 3.8) is 0 Å². The number of aliphatic carboxylic acids is 1. The molecular formula is C16H18ClNO4. The van der Waals surface area contributed by atoms with E-state index in [1.165, 1.54) is 6.08 Å². The summed E-state index contributed by atoms with van der Waals surface area (Å²) in [4.78, 5) is 10.9. The van der Waals surface area contributed by atoms with Gasteiger partial charge in [0.25, 0.3) is 0 Å². The Morgan fingerprint density at radius 2 is 2.14 bits per heavy atom. The molecule has 0 aliphatic rings. The highest BCUT2D eigenvalue weighted by Crippen LogP contribution is 2.37. The Labute approximate surface area is 134 Å². The number of nitriles is 1. The monoisotopic (exact) mass is 323 g/mol. The van der Waals surface area contributed by atoms with E-state index in [1.54, 1.807) is 18.2 Å². The molecule has 0 heterocycles. The zero-order valence-electron chi connectivity index (χ0n) is 12.6. The zero-order chi connectivity index (χ0) is 16.5.